The van der Waals surface area contributed by atoms with Crippen LogP contribution in [0.2, 0.25) is 0 Å². The second kappa shape index (κ2) is 8.10. The van der Waals surface area contributed by atoms with Gasteiger partial charge in [-0.2, -0.15) is 0 Å². The van der Waals surface area contributed by atoms with E-state index >= 15 is 0 Å². The van der Waals surface area contributed by atoms with Gasteiger partial charge in [0.25, 0.3) is 5.91 Å². The average Bonchev–Trinajstić information content (AvgIpc) is 2.54. The molecule has 0 bridgehead atoms. The average molecular weight is 340 g/mol. The van der Waals surface area contributed by atoms with Crippen LogP contribution >= 0.6 is 0 Å². The summed E-state index contributed by atoms with van der Waals surface area (Å²) in [5.74, 6) is 1.06. The van der Waals surface area contributed by atoms with Crippen LogP contribution in [0.5, 0.6) is 0 Å². The lowest BCUT2D eigenvalue weighted by molar-refractivity contribution is 0.102. The molecular formula is C20H28N4O. The zero-order valence-corrected chi connectivity index (χ0v) is 15.9. The number of nitrogens with zero attached hydrogens (tertiary/aromatic N) is 2. The maximum atomic E-state index is 12.7. The van der Waals surface area contributed by atoms with Gasteiger partial charge in [0.05, 0.1) is 0 Å². The molecule has 0 radical (unpaired) electrons. The third-order valence-electron chi connectivity index (χ3n) is 3.95. The van der Waals surface area contributed by atoms with Gasteiger partial charge < -0.3 is 10.6 Å². The number of rotatable bonds is 6. The zero-order chi connectivity index (χ0) is 18.6. The second-order valence-electron chi connectivity index (χ2n) is 7.18. The van der Waals surface area contributed by atoms with Gasteiger partial charge in [-0.1, -0.05) is 45.9 Å². The van der Waals surface area contributed by atoms with Crippen LogP contribution in [0.4, 0.5) is 11.5 Å². The Morgan fingerprint density at radius 3 is 1.92 bits per heavy atom. The van der Waals surface area contributed by atoms with Crippen LogP contribution in [0, 0.1) is 0 Å². The Kier molecular flexibility index (Phi) is 6.12. The minimum absolute atomic E-state index is 0.237. The Morgan fingerprint density at radius 1 is 0.880 bits per heavy atom. The number of hydrogen-bond acceptors (Lipinski definition) is 4. The highest BCUT2D eigenvalue weighted by Gasteiger charge is 2.17. The molecule has 1 aromatic heterocycles. The first kappa shape index (κ1) is 18.9. The van der Waals surface area contributed by atoms with Crippen LogP contribution in [0.25, 0.3) is 0 Å². The molecule has 0 aliphatic rings. The predicted octanol–water partition coefficient (Wildman–Crippen LogP) is 4.80. The van der Waals surface area contributed by atoms with Crippen molar-refractivity contribution in [1.29, 1.82) is 0 Å². The van der Waals surface area contributed by atoms with Crippen LogP contribution in [-0.2, 0) is 0 Å². The summed E-state index contributed by atoms with van der Waals surface area (Å²) in [5, 5.41) is 14.3. The lowest BCUT2D eigenvalue weighted by atomic mass is 9.92. The minimum atomic E-state index is -0.237. The number of para-hydroxylation sites is 1. The largest absolute Gasteiger partial charge is 0.366 e. The highest BCUT2D eigenvalue weighted by atomic mass is 16.1. The first-order valence-electron chi connectivity index (χ1n) is 8.84. The summed E-state index contributed by atoms with van der Waals surface area (Å²) in [6.45, 7) is 12.6. The molecule has 5 nitrogen and oxygen atoms in total. The summed E-state index contributed by atoms with van der Waals surface area (Å²) in [5.41, 5.74) is 3.46. The van der Waals surface area contributed by atoms with E-state index in [2.05, 4.69) is 60.7 Å². The molecule has 1 amide bonds. The van der Waals surface area contributed by atoms with Crippen molar-refractivity contribution in [3.63, 3.8) is 0 Å². The van der Waals surface area contributed by atoms with Gasteiger partial charge in [0.2, 0.25) is 0 Å². The minimum Gasteiger partial charge on any atom is -0.366 e. The molecule has 0 saturated carbocycles. The van der Waals surface area contributed by atoms with Crippen LogP contribution in [0.1, 0.15) is 75.0 Å². The SMILES string of the molecule is CC(C)Nc1ccc(C(=O)Nc2c(C(C)C)cccc2C(C)C)nn1. The molecule has 2 rings (SSSR count). The summed E-state index contributed by atoms with van der Waals surface area (Å²) in [6.07, 6.45) is 0. The first-order chi connectivity index (χ1) is 11.8. The fourth-order valence-electron chi connectivity index (χ4n) is 2.70. The third-order valence-corrected chi connectivity index (χ3v) is 3.95. The van der Waals surface area contributed by atoms with E-state index in [1.807, 2.05) is 19.9 Å². The summed E-state index contributed by atoms with van der Waals surface area (Å²) >= 11 is 0. The van der Waals surface area contributed by atoms with Crippen molar-refractivity contribution >= 4 is 17.4 Å². The number of carbonyl (C=O) groups is 1. The van der Waals surface area contributed by atoms with Crippen molar-refractivity contribution in [3.05, 3.63) is 47.2 Å². The van der Waals surface area contributed by atoms with E-state index in [0.717, 1.165) is 16.8 Å². The van der Waals surface area contributed by atoms with E-state index in [1.54, 1.807) is 12.1 Å². The molecule has 0 saturated heterocycles. The number of hydrogen-bond donors (Lipinski definition) is 2. The van der Waals surface area contributed by atoms with Gasteiger partial charge in [-0.05, 0) is 48.9 Å². The molecule has 0 aliphatic carbocycles. The van der Waals surface area contributed by atoms with E-state index in [1.165, 1.54) is 0 Å². The highest BCUT2D eigenvalue weighted by Crippen LogP contribution is 2.32. The van der Waals surface area contributed by atoms with E-state index in [0.29, 0.717) is 23.3 Å². The maximum Gasteiger partial charge on any atom is 0.276 e. The van der Waals surface area contributed by atoms with Gasteiger partial charge in [0.1, 0.15) is 5.82 Å². The topological polar surface area (TPSA) is 66.9 Å². The van der Waals surface area contributed by atoms with Crippen molar-refractivity contribution < 1.29 is 4.79 Å². The van der Waals surface area contributed by atoms with Crippen molar-refractivity contribution in [2.24, 2.45) is 0 Å². The Balaban J connectivity index is 2.28. The molecule has 0 aliphatic heterocycles. The van der Waals surface area contributed by atoms with E-state index in [9.17, 15) is 4.79 Å². The van der Waals surface area contributed by atoms with Crippen LogP contribution in [-0.4, -0.2) is 22.1 Å². The molecule has 2 aromatic rings. The smallest absolute Gasteiger partial charge is 0.276 e. The third kappa shape index (κ3) is 4.78. The molecule has 134 valence electrons. The van der Waals surface area contributed by atoms with Crippen molar-refractivity contribution in [2.75, 3.05) is 10.6 Å². The molecule has 0 atom stereocenters. The van der Waals surface area contributed by atoms with Crippen molar-refractivity contribution in [1.82, 2.24) is 10.2 Å². The van der Waals surface area contributed by atoms with E-state index in [4.69, 9.17) is 0 Å². The molecule has 0 fully saturated rings. The van der Waals surface area contributed by atoms with Crippen molar-refractivity contribution in [3.8, 4) is 0 Å². The van der Waals surface area contributed by atoms with Gasteiger partial charge >= 0.3 is 0 Å². The lowest BCUT2D eigenvalue weighted by Gasteiger charge is -2.20. The Bertz CT molecular complexity index is 695. The Labute approximate surface area is 150 Å². The lowest BCUT2D eigenvalue weighted by Crippen LogP contribution is -2.18. The molecule has 5 heteroatoms. The number of nitrogens with one attached hydrogen (secondary N) is 2. The number of amides is 1. The highest BCUT2D eigenvalue weighted by molar-refractivity contribution is 6.03. The van der Waals surface area contributed by atoms with Crippen LogP contribution < -0.4 is 10.6 Å². The zero-order valence-electron chi connectivity index (χ0n) is 15.9. The number of anilines is 2. The number of aromatic nitrogens is 2. The quantitative estimate of drug-likeness (QED) is 0.793. The number of benzene rings is 1. The van der Waals surface area contributed by atoms with Gasteiger partial charge in [-0.25, -0.2) is 0 Å². The Hall–Kier alpha value is -2.43. The molecule has 1 aromatic carbocycles. The second-order valence-corrected chi connectivity index (χ2v) is 7.18. The monoisotopic (exact) mass is 340 g/mol. The summed E-state index contributed by atoms with van der Waals surface area (Å²) < 4.78 is 0. The summed E-state index contributed by atoms with van der Waals surface area (Å²) in [4.78, 5) is 12.7. The molecule has 1 heterocycles. The van der Waals surface area contributed by atoms with E-state index in [-0.39, 0.29) is 11.9 Å². The Morgan fingerprint density at radius 2 is 1.48 bits per heavy atom. The molecule has 0 unspecified atom stereocenters. The molecular weight excluding hydrogens is 312 g/mol. The normalized spacial score (nSPS) is 11.2. The molecule has 2 N–H and O–H groups in total. The summed E-state index contributed by atoms with van der Waals surface area (Å²) in [6, 6.07) is 9.91. The fraction of sp³-hybridized carbons (Fsp3) is 0.450. The standard InChI is InChI=1S/C20H28N4O/c1-12(2)15-8-7-9-16(13(3)4)19(15)22-20(25)17-10-11-18(24-23-17)21-14(5)6/h7-14H,1-6H3,(H,21,24)(H,22,25). The van der Waals surface area contributed by atoms with Crippen LogP contribution in [0.15, 0.2) is 30.3 Å². The maximum absolute atomic E-state index is 12.7. The van der Waals surface area contributed by atoms with E-state index < -0.39 is 0 Å². The van der Waals surface area contributed by atoms with Gasteiger partial charge in [-0.3, -0.25) is 4.79 Å². The summed E-state index contributed by atoms with van der Waals surface area (Å²) in [7, 11) is 0. The van der Waals surface area contributed by atoms with Crippen LogP contribution in [0.3, 0.4) is 0 Å². The van der Waals surface area contributed by atoms with Gasteiger partial charge in [0, 0.05) is 11.7 Å². The van der Waals surface area contributed by atoms with Crippen molar-refractivity contribution in [2.45, 2.75) is 59.4 Å². The fourth-order valence-corrected chi connectivity index (χ4v) is 2.70. The van der Waals surface area contributed by atoms with Gasteiger partial charge in [0.15, 0.2) is 5.69 Å². The van der Waals surface area contributed by atoms with Gasteiger partial charge in [-0.15, -0.1) is 10.2 Å². The molecule has 25 heavy (non-hydrogen) atoms. The molecule has 0 spiro atoms. The number of carbonyl (C=O) groups excluding carboxylic acids is 1. The first-order valence-corrected chi connectivity index (χ1v) is 8.84. The predicted molar refractivity (Wildman–Crippen MR) is 103 cm³/mol.